The van der Waals surface area contributed by atoms with Gasteiger partial charge in [-0.1, -0.05) is 12.5 Å². The van der Waals surface area contributed by atoms with Gasteiger partial charge in [0.1, 0.15) is 5.90 Å². The predicted octanol–water partition coefficient (Wildman–Crippen LogP) is 2.74. The Morgan fingerprint density at radius 2 is 2.19 bits per heavy atom. The van der Waals surface area contributed by atoms with E-state index in [2.05, 4.69) is 37.9 Å². The molecule has 0 aliphatic carbocycles. The molecule has 16 heavy (non-hydrogen) atoms. The maximum atomic E-state index is 5.83. The minimum Gasteiger partial charge on any atom is -0.514 e. The average molecular weight is 394 g/mol. The van der Waals surface area contributed by atoms with Gasteiger partial charge >= 0.3 is 0 Å². The number of aryl methyl sites for hydroxylation is 1. The molecular weight excluding hydrogens is 378 g/mol. The molecule has 0 saturated carbocycles. The van der Waals surface area contributed by atoms with Crippen molar-refractivity contribution in [3.05, 3.63) is 35.4 Å². The van der Waals surface area contributed by atoms with Crippen molar-refractivity contribution in [1.29, 1.82) is 0 Å². The van der Waals surface area contributed by atoms with E-state index >= 15 is 0 Å². The van der Waals surface area contributed by atoms with Gasteiger partial charge in [0.25, 0.3) is 0 Å². The number of aliphatic imine (C=N–C) groups is 1. The van der Waals surface area contributed by atoms with Crippen molar-refractivity contribution in [2.75, 3.05) is 6.54 Å². The summed E-state index contributed by atoms with van der Waals surface area (Å²) < 4.78 is 5.83. The first kappa shape index (κ1) is 13.4. The Labute approximate surface area is 110 Å². The van der Waals surface area contributed by atoms with Crippen LogP contribution in [0.3, 0.4) is 0 Å². The van der Waals surface area contributed by atoms with Crippen molar-refractivity contribution in [2.24, 2.45) is 4.99 Å². The molecular formula is C13H16IrNO-. The SMILES string of the molecule is Cc1cc[c-]c(C2=NCCC(C)(C)O2)c1.[Ir]. The van der Waals surface area contributed by atoms with E-state index in [1.54, 1.807) is 0 Å². The minimum atomic E-state index is -0.103. The Hall–Kier alpha value is -0.661. The second-order valence-corrected chi connectivity index (χ2v) is 4.58. The Kier molecular flexibility index (Phi) is 4.28. The quantitative estimate of drug-likeness (QED) is 0.672. The number of ether oxygens (including phenoxy) is 1. The summed E-state index contributed by atoms with van der Waals surface area (Å²) in [4.78, 5) is 4.40. The van der Waals surface area contributed by atoms with E-state index in [-0.39, 0.29) is 25.7 Å². The maximum Gasteiger partial charge on any atom is 0.130 e. The molecule has 3 heteroatoms. The van der Waals surface area contributed by atoms with Crippen LogP contribution in [0.5, 0.6) is 0 Å². The molecule has 0 aromatic heterocycles. The molecule has 1 heterocycles. The summed E-state index contributed by atoms with van der Waals surface area (Å²) in [5.41, 5.74) is 2.07. The molecule has 1 aromatic rings. The Bertz CT molecular complexity index is 399. The number of benzene rings is 1. The van der Waals surface area contributed by atoms with Crippen molar-refractivity contribution in [3.8, 4) is 0 Å². The Morgan fingerprint density at radius 1 is 1.44 bits per heavy atom. The van der Waals surface area contributed by atoms with Crippen LogP contribution in [0.25, 0.3) is 0 Å². The second kappa shape index (κ2) is 5.11. The average Bonchev–Trinajstić information content (AvgIpc) is 2.16. The van der Waals surface area contributed by atoms with Gasteiger partial charge in [-0.3, -0.25) is 4.99 Å². The van der Waals surface area contributed by atoms with Crippen molar-refractivity contribution >= 4 is 5.90 Å². The van der Waals surface area contributed by atoms with Crippen LogP contribution in [0.15, 0.2) is 23.2 Å². The molecule has 1 aliphatic heterocycles. The summed E-state index contributed by atoms with van der Waals surface area (Å²) in [6, 6.07) is 9.16. The molecule has 0 atom stereocenters. The maximum absolute atomic E-state index is 5.83. The van der Waals surface area contributed by atoms with E-state index in [9.17, 15) is 0 Å². The van der Waals surface area contributed by atoms with E-state index < -0.39 is 0 Å². The number of hydrogen-bond acceptors (Lipinski definition) is 2. The smallest absolute Gasteiger partial charge is 0.130 e. The van der Waals surface area contributed by atoms with Gasteiger partial charge in [0.15, 0.2) is 0 Å². The fraction of sp³-hybridized carbons (Fsp3) is 0.462. The molecule has 0 N–H and O–H groups in total. The van der Waals surface area contributed by atoms with Gasteiger partial charge in [0.2, 0.25) is 0 Å². The largest absolute Gasteiger partial charge is 0.514 e. The molecule has 0 fully saturated rings. The zero-order chi connectivity index (χ0) is 10.9. The first-order valence-corrected chi connectivity index (χ1v) is 5.29. The van der Waals surface area contributed by atoms with Crippen molar-refractivity contribution in [1.82, 2.24) is 0 Å². The number of hydrogen-bond donors (Lipinski definition) is 0. The van der Waals surface area contributed by atoms with Gasteiger partial charge in [-0.25, -0.2) is 0 Å². The van der Waals surface area contributed by atoms with Crippen LogP contribution in [-0.4, -0.2) is 18.0 Å². The fourth-order valence-electron chi connectivity index (χ4n) is 1.62. The van der Waals surface area contributed by atoms with Crippen LogP contribution in [0.1, 0.15) is 31.4 Å². The van der Waals surface area contributed by atoms with E-state index in [1.807, 2.05) is 12.1 Å². The second-order valence-electron chi connectivity index (χ2n) is 4.58. The van der Waals surface area contributed by atoms with Gasteiger partial charge in [0.05, 0.1) is 5.60 Å². The monoisotopic (exact) mass is 395 g/mol. The van der Waals surface area contributed by atoms with Crippen molar-refractivity contribution < 1.29 is 24.8 Å². The number of nitrogens with zero attached hydrogens (tertiary/aromatic N) is 1. The molecule has 0 bridgehead atoms. The Morgan fingerprint density at radius 3 is 2.81 bits per heavy atom. The molecule has 2 rings (SSSR count). The van der Waals surface area contributed by atoms with Crippen molar-refractivity contribution in [2.45, 2.75) is 32.8 Å². The first-order valence-electron chi connectivity index (χ1n) is 5.29. The van der Waals surface area contributed by atoms with Crippen LogP contribution in [-0.2, 0) is 24.8 Å². The molecule has 2 nitrogen and oxygen atoms in total. The minimum absolute atomic E-state index is 0. The fourth-order valence-corrected chi connectivity index (χ4v) is 1.62. The normalized spacial score (nSPS) is 18.1. The van der Waals surface area contributed by atoms with Crippen LogP contribution in [0.2, 0.25) is 0 Å². The van der Waals surface area contributed by atoms with Gasteiger partial charge < -0.3 is 4.74 Å². The number of rotatable bonds is 1. The van der Waals surface area contributed by atoms with E-state index in [0.29, 0.717) is 0 Å². The molecule has 0 unspecified atom stereocenters. The predicted molar refractivity (Wildman–Crippen MR) is 61.2 cm³/mol. The first-order chi connectivity index (χ1) is 7.07. The Balaban J connectivity index is 0.00000128. The summed E-state index contributed by atoms with van der Waals surface area (Å²) in [5.74, 6) is 0.731. The molecule has 0 saturated heterocycles. The summed E-state index contributed by atoms with van der Waals surface area (Å²) in [6.45, 7) is 7.09. The summed E-state index contributed by atoms with van der Waals surface area (Å²) in [6.07, 6.45) is 0.975. The van der Waals surface area contributed by atoms with Gasteiger partial charge in [-0.05, 0) is 13.8 Å². The van der Waals surface area contributed by atoms with Crippen LogP contribution < -0.4 is 0 Å². The molecule has 1 aliphatic rings. The van der Waals surface area contributed by atoms with Crippen molar-refractivity contribution in [3.63, 3.8) is 0 Å². The molecule has 89 valence electrons. The topological polar surface area (TPSA) is 21.6 Å². The summed E-state index contributed by atoms with van der Waals surface area (Å²) >= 11 is 0. The zero-order valence-corrected chi connectivity index (χ0v) is 12.2. The molecule has 1 radical (unpaired) electrons. The molecule has 0 amide bonds. The van der Waals surface area contributed by atoms with E-state index in [4.69, 9.17) is 4.74 Å². The standard InChI is InChI=1S/C13H16NO.Ir/c1-10-5-4-6-11(9-10)12-14-8-7-13(2,3)15-12;/h4-5,9H,7-8H2,1-3H3;/q-1;. The van der Waals surface area contributed by atoms with E-state index in [0.717, 1.165) is 24.4 Å². The van der Waals surface area contributed by atoms with Gasteiger partial charge in [-0.2, -0.15) is 0 Å². The zero-order valence-electron chi connectivity index (χ0n) is 9.84. The van der Waals surface area contributed by atoms with Crippen LogP contribution in [0.4, 0.5) is 0 Å². The third kappa shape index (κ3) is 3.16. The van der Waals surface area contributed by atoms with Gasteiger partial charge in [0, 0.05) is 33.1 Å². The summed E-state index contributed by atoms with van der Waals surface area (Å²) in [7, 11) is 0. The molecule has 0 spiro atoms. The summed E-state index contributed by atoms with van der Waals surface area (Å²) in [5, 5.41) is 0. The third-order valence-electron chi connectivity index (χ3n) is 2.53. The van der Waals surface area contributed by atoms with E-state index in [1.165, 1.54) is 5.56 Å². The van der Waals surface area contributed by atoms with Gasteiger partial charge in [-0.15, -0.1) is 29.8 Å². The van der Waals surface area contributed by atoms with Crippen LogP contribution >= 0.6 is 0 Å². The molecule has 1 aromatic carbocycles. The third-order valence-corrected chi connectivity index (χ3v) is 2.53. The van der Waals surface area contributed by atoms with Crippen LogP contribution in [0, 0.1) is 13.0 Å².